The second-order valence-corrected chi connectivity index (χ2v) is 7.78. The van der Waals surface area contributed by atoms with E-state index in [0.29, 0.717) is 33.7 Å². The quantitative estimate of drug-likeness (QED) is 0.886. The molecule has 2 fully saturated rings. The molecule has 1 amide bonds. The van der Waals surface area contributed by atoms with Gasteiger partial charge in [-0.05, 0) is 55.2 Å². The number of rotatable bonds is 4. The van der Waals surface area contributed by atoms with Crippen LogP contribution in [0.2, 0.25) is 4.34 Å². The standard InChI is InChI=1S/C17H17ClN2O2S/c18-15-5-6-16(23-15)22-13-3-1-10(2-4-13)17(21)20-14-8-12-7-11(14)9-19-12/h1-6,11-12,14,19H,7-9H2,(H,20,21). The van der Waals surface area contributed by atoms with E-state index in [4.69, 9.17) is 16.3 Å². The summed E-state index contributed by atoms with van der Waals surface area (Å²) < 4.78 is 6.39. The van der Waals surface area contributed by atoms with E-state index in [1.54, 1.807) is 18.2 Å². The largest absolute Gasteiger partial charge is 0.447 e. The van der Waals surface area contributed by atoms with Crippen molar-refractivity contribution < 1.29 is 9.53 Å². The van der Waals surface area contributed by atoms with Gasteiger partial charge >= 0.3 is 0 Å². The summed E-state index contributed by atoms with van der Waals surface area (Å²) in [5.74, 6) is 1.27. The summed E-state index contributed by atoms with van der Waals surface area (Å²) in [6.45, 7) is 1.02. The number of benzene rings is 1. The van der Waals surface area contributed by atoms with Crippen LogP contribution in [0.5, 0.6) is 10.8 Å². The van der Waals surface area contributed by atoms with E-state index in [0.717, 1.165) is 18.0 Å². The smallest absolute Gasteiger partial charge is 0.251 e. The van der Waals surface area contributed by atoms with E-state index in [9.17, 15) is 4.79 Å². The average molecular weight is 349 g/mol. The Kier molecular flexibility index (Phi) is 4.01. The minimum Gasteiger partial charge on any atom is -0.447 e. The van der Waals surface area contributed by atoms with Crippen LogP contribution in [-0.2, 0) is 0 Å². The van der Waals surface area contributed by atoms with Crippen LogP contribution in [0.3, 0.4) is 0 Å². The lowest BCUT2D eigenvalue weighted by Crippen LogP contribution is -2.44. The van der Waals surface area contributed by atoms with E-state index < -0.39 is 0 Å². The normalized spacial score (nSPS) is 25.5. The van der Waals surface area contributed by atoms with Gasteiger partial charge in [0.15, 0.2) is 5.06 Å². The van der Waals surface area contributed by atoms with Gasteiger partial charge in [0.2, 0.25) is 0 Å². The Morgan fingerprint density at radius 1 is 1.22 bits per heavy atom. The third-order valence-electron chi connectivity index (χ3n) is 4.56. The van der Waals surface area contributed by atoms with Gasteiger partial charge in [-0.2, -0.15) is 0 Å². The van der Waals surface area contributed by atoms with Gasteiger partial charge in [0.25, 0.3) is 5.91 Å². The zero-order valence-electron chi connectivity index (χ0n) is 12.4. The summed E-state index contributed by atoms with van der Waals surface area (Å²) in [6.07, 6.45) is 2.22. The fourth-order valence-corrected chi connectivity index (χ4v) is 4.30. The maximum Gasteiger partial charge on any atom is 0.251 e. The second-order valence-electron chi connectivity index (χ2n) is 6.10. The molecule has 6 heteroatoms. The molecule has 1 aliphatic carbocycles. The van der Waals surface area contributed by atoms with Crippen molar-refractivity contribution in [2.75, 3.05) is 6.54 Å². The molecule has 1 saturated carbocycles. The fourth-order valence-electron chi connectivity index (χ4n) is 3.41. The first kappa shape index (κ1) is 15.0. The highest BCUT2D eigenvalue weighted by atomic mass is 35.5. The van der Waals surface area contributed by atoms with E-state index >= 15 is 0 Å². The third kappa shape index (κ3) is 3.22. The van der Waals surface area contributed by atoms with Gasteiger partial charge < -0.3 is 15.4 Å². The minimum atomic E-state index is -0.00623. The Morgan fingerprint density at radius 2 is 2.04 bits per heavy atom. The van der Waals surface area contributed by atoms with Gasteiger partial charge in [0.1, 0.15) is 5.75 Å². The molecular formula is C17H17ClN2O2S. The molecule has 2 N–H and O–H groups in total. The van der Waals surface area contributed by atoms with Gasteiger partial charge in [-0.3, -0.25) is 4.79 Å². The fraction of sp³-hybridized carbons (Fsp3) is 0.353. The highest BCUT2D eigenvalue weighted by Crippen LogP contribution is 2.33. The molecule has 1 saturated heterocycles. The van der Waals surface area contributed by atoms with Crippen molar-refractivity contribution in [3.05, 3.63) is 46.3 Å². The maximum absolute atomic E-state index is 12.4. The van der Waals surface area contributed by atoms with Crippen LogP contribution in [-0.4, -0.2) is 24.5 Å². The molecule has 120 valence electrons. The van der Waals surface area contributed by atoms with Crippen LogP contribution in [0.1, 0.15) is 23.2 Å². The summed E-state index contributed by atoms with van der Waals surface area (Å²) in [7, 11) is 0. The molecule has 0 spiro atoms. The van der Waals surface area contributed by atoms with Crippen LogP contribution in [0, 0.1) is 5.92 Å². The van der Waals surface area contributed by atoms with E-state index in [-0.39, 0.29) is 5.91 Å². The molecule has 3 unspecified atom stereocenters. The van der Waals surface area contributed by atoms with Gasteiger partial charge in [-0.25, -0.2) is 0 Å². The van der Waals surface area contributed by atoms with Gasteiger partial charge in [-0.15, -0.1) is 0 Å². The molecule has 1 aromatic carbocycles. The van der Waals surface area contributed by atoms with Crippen molar-refractivity contribution in [2.24, 2.45) is 5.92 Å². The predicted molar refractivity (Wildman–Crippen MR) is 91.6 cm³/mol. The number of halogens is 1. The number of ether oxygens (including phenoxy) is 1. The van der Waals surface area contributed by atoms with Crippen molar-refractivity contribution in [3.8, 4) is 10.8 Å². The first-order chi connectivity index (χ1) is 11.2. The first-order valence-corrected chi connectivity index (χ1v) is 8.94. The van der Waals surface area contributed by atoms with E-state index in [1.165, 1.54) is 17.8 Å². The summed E-state index contributed by atoms with van der Waals surface area (Å²) >= 11 is 7.26. The lowest BCUT2D eigenvalue weighted by molar-refractivity contribution is 0.0925. The van der Waals surface area contributed by atoms with Crippen LogP contribution in [0.4, 0.5) is 0 Å². The number of piperidine rings is 1. The topological polar surface area (TPSA) is 50.4 Å². The molecule has 3 atom stereocenters. The molecule has 4 rings (SSSR count). The lowest BCUT2D eigenvalue weighted by atomic mass is 10.0. The van der Waals surface area contributed by atoms with E-state index in [1.807, 2.05) is 18.2 Å². The number of carbonyl (C=O) groups is 1. The highest BCUT2D eigenvalue weighted by Gasteiger charge is 2.39. The van der Waals surface area contributed by atoms with Crippen LogP contribution >= 0.6 is 22.9 Å². The number of hydrogen-bond donors (Lipinski definition) is 2. The molecule has 23 heavy (non-hydrogen) atoms. The van der Waals surface area contributed by atoms with Crippen molar-refractivity contribution in [2.45, 2.75) is 24.9 Å². The number of fused-ring (bicyclic) bond motifs is 2. The Bertz CT molecular complexity index is 716. The molecule has 1 aliphatic heterocycles. The van der Waals surface area contributed by atoms with Crippen molar-refractivity contribution in [3.63, 3.8) is 0 Å². The average Bonchev–Trinajstić information content (AvgIpc) is 3.25. The molecule has 2 aromatic rings. The molecule has 2 heterocycles. The zero-order chi connectivity index (χ0) is 15.8. The van der Waals surface area contributed by atoms with Gasteiger partial charge in [-0.1, -0.05) is 22.9 Å². The summed E-state index contributed by atoms with van der Waals surface area (Å²) in [6, 6.07) is 11.7. The number of amides is 1. The monoisotopic (exact) mass is 348 g/mol. The van der Waals surface area contributed by atoms with Crippen LogP contribution < -0.4 is 15.4 Å². The Morgan fingerprint density at radius 3 is 2.65 bits per heavy atom. The third-order valence-corrected chi connectivity index (χ3v) is 5.67. The number of carbonyl (C=O) groups excluding carboxylic acids is 1. The maximum atomic E-state index is 12.4. The first-order valence-electron chi connectivity index (χ1n) is 7.75. The molecule has 2 bridgehead atoms. The summed E-state index contributed by atoms with van der Waals surface area (Å²) in [4.78, 5) is 12.4. The van der Waals surface area contributed by atoms with Crippen LogP contribution in [0.25, 0.3) is 0 Å². The predicted octanol–water partition coefficient (Wildman–Crippen LogP) is 3.67. The highest BCUT2D eigenvalue weighted by molar-refractivity contribution is 7.17. The van der Waals surface area contributed by atoms with Gasteiger partial charge in [0.05, 0.1) is 4.34 Å². The molecule has 4 nitrogen and oxygen atoms in total. The molecule has 1 aromatic heterocycles. The molecule has 0 radical (unpaired) electrons. The number of hydrogen-bond acceptors (Lipinski definition) is 4. The summed E-state index contributed by atoms with van der Waals surface area (Å²) in [5, 5.41) is 7.36. The SMILES string of the molecule is O=C(NC1CC2CC1CN2)c1ccc(Oc2ccc(Cl)s2)cc1. The van der Waals surface area contributed by atoms with Crippen molar-refractivity contribution in [1.82, 2.24) is 10.6 Å². The van der Waals surface area contributed by atoms with Crippen molar-refractivity contribution >= 4 is 28.8 Å². The van der Waals surface area contributed by atoms with Crippen molar-refractivity contribution in [1.29, 1.82) is 0 Å². The number of nitrogens with one attached hydrogen (secondary N) is 2. The Balaban J connectivity index is 1.38. The van der Waals surface area contributed by atoms with Gasteiger partial charge in [0, 0.05) is 24.2 Å². The minimum absolute atomic E-state index is 0.00623. The van der Waals surface area contributed by atoms with E-state index in [2.05, 4.69) is 10.6 Å². The number of thiophene rings is 1. The van der Waals surface area contributed by atoms with Crippen LogP contribution in [0.15, 0.2) is 36.4 Å². The second kappa shape index (κ2) is 6.15. The summed E-state index contributed by atoms with van der Waals surface area (Å²) in [5.41, 5.74) is 0.664. The lowest BCUT2D eigenvalue weighted by Gasteiger charge is -2.23. The Labute approximate surface area is 143 Å². The zero-order valence-corrected chi connectivity index (χ0v) is 14.0. The Hall–Kier alpha value is -1.56. The molecular weight excluding hydrogens is 332 g/mol. The molecule has 2 aliphatic rings.